The number of fused-ring (bicyclic) bond motifs is 1. The van der Waals surface area contributed by atoms with Gasteiger partial charge < -0.3 is 20.1 Å². The fourth-order valence-electron chi connectivity index (χ4n) is 2.39. The molecule has 1 aliphatic rings. The predicted octanol–water partition coefficient (Wildman–Crippen LogP) is 2.41. The molecule has 7 heteroatoms. The summed E-state index contributed by atoms with van der Waals surface area (Å²) in [6.45, 7) is 2.23. The number of aromatic nitrogens is 1. The molecule has 0 amide bonds. The van der Waals surface area contributed by atoms with E-state index in [0.717, 1.165) is 12.8 Å². The second-order valence-corrected chi connectivity index (χ2v) is 5.40. The molecular formula is C16H19ClN2O4. The van der Waals surface area contributed by atoms with Crippen molar-refractivity contribution in [3.8, 4) is 5.75 Å². The van der Waals surface area contributed by atoms with Gasteiger partial charge in [0.2, 0.25) is 0 Å². The van der Waals surface area contributed by atoms with Crippen molar-refractivity contribution < 1.29 is 19.4 Å². The fourth-order valence-corrected chi connectivity index (χ4v) is 2.39. The maximum atomic E-state index is 12.3. The highest BCUT2D eigenvalue weighted by Gasteiger charge is 2.23. The molecule has 0 unspecified atom stereocenters. The molecule has 3 rings (SSSR count). The third-order valence-electron chi connectivity index (χ3n) is 3.70. The van der Waals surface area contributed by atoms with Crippen molar-refractivity contribution in [1.82, 2.24) is 10.3 Å². The van der Waals surface area contributed by atoms with Crippen LogP contribution in [0.15, 0.2) is 18.2 Å². The van der Waals surface area contributed by atoms with Crippen molar-refractivity contribution in [2.24, 2.45) is 0 Å². The summed E-state index contributed by atoms with van der Waals surface area (Å²) >= 11 is 0. The maximum absolute atomic E-state index is 12.3. The molecule has 23 heavy (non-hydrogen) atoms. The van der Waals surface area contributed by atoms with Crippen LogP contribution in [0.1, 0.15) is 40.6 Å². The summed E-state index contributed by atoms with van der Waals surface area (Å²) < 4.78 is 4.94. The van der Waals surface area contributed by atoms with E-state index in [1.165, 1.54) is 6.07 Å². The van der Waals surface area contributed by atoms with Gasteiger partial charge in [0.05, 0.1) is 18.7 Å². The van der Waals surface area contributed by atoms with Gasteiger partial charge in [0.25, 0.3) is 0 Å². The van der Waals surface area contributed by atoms with Crippen LogP contribution in [0.2, 0.25) is 0 Å². The first-order valence-corrected chi connectivity index (χ1v) is 7.38. The molecule has 3 N–H and O–H groups in total. The summed E-state index contributed by atoms with van der Waals surface area (Å²) in [5, 5.41) is 13.6. The summed E-state index contributed by atoms with van der Waals surface area (Å²) in [4.78, 5) is 27.0. The number of phenolic OH excluding ortho intramolecular Hbond substituents is 1. The molecule has 0 bridgehead atoms. The van der Waals surface area contributed by atoms with Gasteiger partial charge in [-0.3, -0.25) is 4.79 Å². The molecule has 1 aromatic carbocycles. The van der Waals surface area contributed by atoms with Crippen molar-refractivity contribution in [3.63, 3.8) is 0 Å². The number of H-pyrrole nitrogens is 1. The third-order valence-corrected chi connectivity index (χ3v) is 3.70. The Kier molecular flexibility index (Phi) is 5.28. The number of halogens is 1. The van der Waals surface area contributed by atoms with Crippen LogP contribution in [0.5, 0.6) is 5.75 Å². The van der Waals surface area contributed by atoms with Crippen molar-refractivity contribution in [2.75, 3.05) is 13.2 Å². The number of carbonyl (C=O) groups excluding carboxylic acids is 2. The Hall–Kier alpha value is -2.05. The lowest BCUT2D eigenvalue weighted by Gasteiger charge is -2.05. The van der Waals surface area contributed by atoms with Gasteiger partial charge in [-0.05, 0) is 38.0 Å². The van der Waals surface area contributed by atoms with Crippen molar-refractivity contribution in [3.05, 3.63) is 29.5 Å². The maximum Gasteiger partial charge on any atom is 0.354 e. The van der Waals surface area contributed by atoms with Gasteiger partial charge in [-0.25, -0.2) is 4.79 Å². The molecule has 0 saturated heterocycles. The Morgan fingerprint density at radius 2 is 2.13 bits per heavy atom. The van der Waals surface area contributed by atoms with Gasteiger partial charge in [0, 0.05) is 17.0 Å². The largest absolute Gasteiger partial charge is 0.506 e. The van der Waals surface area contributed by atoms with E-state index in [1.54, 1.807) is 19.1 Å². The second-order valence-electron chi connectivity index (χ2n) is 5.40. The van der Waals surface area contributed by atoms with E-state index in [4.69, 9.17) is 4.74 Å². The lowest BCUT2D eigenvalue weighted by atomic mass is 10.1. The van der Waals surface area contributed by atoms with Gasteiger partial charge in [-0.2, -0.15) is 0 Å². The lowest BCUT2D eigenvalue weighted by Crippen LogP contribution is -2.24. The molecule has 0 atom stereocenters. The molecule has 0 radical (unpaired) electrons. The standard InChI is InChI=1S/C16H18N2O4.ClH/c1-2-22-16(21)12-7-11-10(5-6-13(19)15(11)18-12)14(20)8-17-9-3-4-9;/h5-7,9,17-19H,2-4,8H2,1H3;1H. The van der Waals surface area contributed by atoms with Crippen LogP contribution in [0, 0.1) is 0 Å². The van der Waals surface area contributed by atoms with Crippen molar-refractivity contribution >= 4 is 35.1 Å². The zero-order chi connectivity index (χ0) is 15.7. The number of rotatable bonds is 6. The minimum Gasteiger partial charge on any atom is -0.506 e. The quantitative estimate of drug-likeness (QED) is 0.555. The first kappa shape index (κ1) is 17.3. The number of hydrogen-bond acceptors (Lipinski definition) is 5. The number of benzene rings is 1. The van der Waals surface area contributed by atoms with Gasteiger partial charge in [0.15, 0.2) is 5.78 Å². The normalized spacial score (nSPS) is 13.6. The minimum absolute atomic E-state index is 0. The summed E-state index contributed by atoms with van der Waals surface area (Å²) in [7, 11) is 0. The molecule has 2 aromatic rings. The molecule has 0 aliphatic heterocycles. The number of esters is 1. The molecule has 1 aromatic heterocycles. The van der Waals surface area contributed by atoms with E-state index >= 15 is 0 Å². The first-order chi connectivity index (χ1) is 10.6. The summed E-state index contributed by atoms with van der Waals surface area (Å²) in [6, 6.07) is 5.03. The van der Waals surface area contributed by atoms with E-state index in [2.05, 4.69) is 10.3 Å². The average Bonchev–Trinajstić information content (AvgIpc) is 3.21. The van der Waals surface area contributed by atoms with E-state index in [1.807, 2.05) is 0 Å². The topological polar surface area (TPSA) is 91.4 Å². The van der Waals surface area contributed by atoms with E-state index in [9.17, 15) is 14.7 Å². The van der Waals surface area contributed by atoms with Crippen LogP contribution in [-0.4, -0.2) is 41.0 Å². The number of aromatic hydroxyl groups is 1. The number of carbonyl (C=O) groups is 2. The van der Waals surface area contributed by atoms with Gasteiger partial charge >= 0.3 is 5.97 Å². The molecular weight excluding hydrogens is 320 g/mol. The van der Waals surface area contributed by atoms with E-state index in [-0.39, 0.29) is 42.8 Å². The third kappa shape index (κ3) is 3.65. The highest BCUT2D eigenvalue weighted by Crippen LogP contribution is 2.29. The van der Waals surface area contributed by atoms with Gasteiger partial charge in [-0.1, -0.05) is 0 Å². The number of ether oxygens (including phenoxy) is 1. The Morgan fingerprint density at radius 3 is 2.78 bits per heavy atom. The number of ketones is 1. The van der Waals surface area contributed by atoms with Crippen LogP contribution in [-0.2, 0) is 4.74 Å². The Balaban J connectivity index is 0.00000192. The molecule has 124 valence electrons. The average molecular weight is 339 g/mol. The number of Topliss-reactive ketones (excluding diaryl/α,β-unsaturated/α-hetero) is 1. The molecule has 1 saturated carbocycles. The molecule has 1 aliphatic carbocycles. The van der Waals surface area contributed by atoms with Crippen LogP contribution >= 0.6 is 12.4 Å². The Bertz CT molecular complexity index is 737. The smallest absolute Gasteiger partial charge is 0.354 e. The molecule has 0 spiro atoms. The van der Waals surface area contributed by atoms with Crippen LogP contribution in [0.25, 0.3) is 10.9 Å². The number of aromatic amines is 1. The van der Waals surface area contributed by atoms with Crippen LogP contribution in [0.4, 0.5) is 0 Å². The Morgan fingerprint density at radius 1 is 1.39 bits per heavy atom. The van der Waals surface area contributed by atoms with E-state index in [0.29, 0.717) is 22.5 Å². The van der Waals surface area contributed by atoms with Crippen molar-refractivity contribution in [2.45, 2.75) is 25.8 Å². The summed E-state index contributed by atoms with van der Waals surface area (Å²) in [5.74, 6) is -0.573. The van der Waals surface area contributed by atoms with Crippen LogP contribution < -0.4 is 5.32 Å². The highest BCUT2D eigenvalue weighted by molar-refractivity contribution is 6.11. The number of hydrogen-bond donors (Lipinski definition) is 3. The van der Waals surface area contributed by atoms with E-state index < -0.39 is 5.97 Å². The summed E-state index contributed by atoms with van der Waals surface area (Å²) in [6.07, 6.45) is 2.21. The predicted molar refractivity (Wildman–Crippen MR) is 88.5 cm³/mol. The summed E-state index contributed by atoms with van der Waals surface area (Å²) in [5.41, 5.74) is 1.08. The number of nitrogens with one attached hydrogen (secondary N) is 2. The van der Waals surface area contributed by atoms with Gasteiger partial charge in [-0.15, -0.1) is 12.4 Å². The molecule has 6 nitrogen and oxygen atoms in total. The second kappa shape index (κ2) is 7.02. The van der Waals surface area contributed by atoms with Gasteiger partial charge in [0.1, 0.15) is 11.4 Å². The van der Waals surface area contributed by atoms with Crippen molar-refractivity contribution in [1.29, 1.82) is 0 Å². The number of phenols is 1. The zero-order valence-electron chi connectivity index (χ0n) is 12.7. The van der Waals surface area contributed by atoms with Crippen LogP contribution in [0.3, 0.4) is 0 Å². The highest BCUT2D eigenvalue weighted by atomic mass is 35.5. The lowest BCUT2D eigenvalue weighted by molar-refractivity contribution is 0.0520. The fraction of sp³-hybridized carbons (Fsp3) is 0.375. The minimum atomic E-state index is -0.507. The zero-order valence-corrected chi connectivity index (χ0v) is 13.5. The molecule has 1 heterocycles. The Labute approximate surface area is 139 Å². The first-order valence-electron chi connectivity index (χ1n) is 7.38. The molecule has 1 fully saturated rings. The SMILES string of the molecule is CCOC(=O)c1cc2c(C(=O)CNC3CC3)ccc(O)c2[nH]1.Cl. The monoisotopic (exact) mass is 338 g/mol.